The summed E-state index contributed by atoms with van der Waals surface area (Å²) in [5.41, 5.74) is -0.864. The van der Waals surface area contributed by atoms with Crippen molar-refractivity contribution in [2.24, 2.45) is 11.3 Å². The highest BCUT2D eigenvalue weighted by Gasteiger charge is 2.55. The van der Waals surface area contributed by atoms with Crippen molar-refractivity contribution in [1.29, 1.82) is 0 Å². The quantitative estimate of drug-likeness (QED) is 0.452. The molecule has 0 bridgehead atoms. The van der Waals surface area contributed by atoms with E-state index in [1.165, 1.54) is 0 Å². The second kappa shape index (κ2) is 6.54. The summed E-state index contributed by atoms with van der Waals surface area (Å²) in [5, 5.41) is 8.87. The highest BCUT2D eigenvalue weighted by molar-refractivity contribution is 6.01. The zero-order valence-electron chi connectivity index (χ0n) is 11.8. The lowest BCUT2D eigenvalue weighted by Crippen LogP contribution is -2.40. The lowest BCUT2D eigenvalue weighted by molar-refractivity contribution is -0.172. The molecule has 1 aliphatic carbocycles. The van der Waals surface area contributed by atoms with Crippen molar-refractivity contribution >= 4 is 17.9 Å². The molecule has 0 radical (unpaired) electrons. The van der Waals surface area contributed by atoms with E-state index in [1.54, 1.807) is 13.8 Å². The molecule has 1 aliphatic rings. The second-order valence-corrected chi connectivity index (χ2v) is 4.86. The van der Waals surface area contributed by atoms with Crippen LogP contribution in [0.4, 0.5) is 0 Å². The molecule has 0 heterocycles. The van der Waals surface area contributed by atoms with Gasteiger partial charge in [0.1, 0.15) is 0 Å². The number of carbonyl (C=O) groups excluding carboxylic acids is 2. The Labute approximate surface area is 117 Å². The maximum absolute atomic E-state index is 12.1. The van der Waals surface area contributed by atoms with E-state index in [0.29, 0.717) is 5.57 Å². The molecule has 6 heteroatoms. The van der Waals surface area contributed by atoms with Gasteiger partial charge in [0.15, 0.2) is 5.41 Å². The zero-order valence-corrected chi connectivity index (χ0v) is 11.8. The SMILES string of the molecule is C=C1CC(C(=O)OCC)(C(=O)OCC)CC1CC(=O)O. The van der Waals surface area contributed by atoms with Crippen LogP contribution < -0.4 is 0 Å². The van der Waals surface area contributed by atoms with Crippen molar-refractivity contribution in [2.75, 3.05) is 13.2 Å². The average molecular weight is 284 g/mol. The van der Waals surface area contributed by atoms with E-state index >= 15 is 0 Å². The van der Waals surface area contributed by atoms with Crippen LogP contribution >= 0.6 is 0 Å². The fraction of sp³-hybridized carbons (Fsp3) is 0.643. The van der Waals surface area contributed by atoms with E-state index < -0.39 is 29.2 Å². The van der Waals surface area contributed by atoms with Crippen molar-refractivity contribution in [3.63, 3.8) is 0 Å². The smallest absolute Gasteiger partial charge is 0.323 e. The van der Waals surface area contributed by atoms with Crippen LogP contribution in [0.25, 0.3) is 0 Å². The van der Waals surface area contributed by atoms with Gasteiger partial charge in [0.05, 0.1) is 19.6 Å². The van der Waals surface area contributed by atoms with Crippen molar-refractivity contribution in [1.82, 2.24) is 0 Å². The Hall–Kier alpha value is -1.85. The largest absolute Gasteiger partial charge is 0.481 e. The van der Waals surface area contributed by atoms with E-state index in [1.807, 2.05) is 0 Å². The second-order valence-electron chi connectivity index (χ2n) is 4.86. The number of carboxylic acid groups (broad SMARTS) is 1. The van der Waals surface area contributed by atoms with Gasteiger partial charge in [0, 0.05) is 0 Å². The number of rotatable bonds is 6. The fourth-order valence-corrected chi connectivity index (χ4v) is 2.53. The van der Waals surface area contributed by atoms with Crippen LogP contribution in [-0.2, 0) is 23.9 Å². The molecule has 1 saturated carbocycles. The maximum atomic E-state index is 12.1. The Morgan fingerprint density at radius 2 is 1.75 bits per heavy atom. The molecule has 112 valence electrons. The molecular formula is C14H20O6. The van der Waals surface area contributed by atoms with E-state index in [0.717, 1.165) is 0 Å². The van der Waals surface area contributed by atoms with Crippen molar-refractivity contribution in [3.8, 4) is 0 Å². The average Bonchev–Trinajstić information content (AvgIpc) is 2.68. The fourth-order valence-electron chi connectivity index (χ4n) is 2.53. The number of allylic oxidation sites excluding steroid dienone is 1. The van der Waals surface area contributed by atoms with E-state index in [9.17, 15) is 14.4 Å². The molecule has 1 N–H and O–H groups in total. The third kappa shape index (κ3) is 3.18. The first-order valence-electron chi connectivity index (χ1n) is 6.61. The van der Waals surface area contributed by atoms with Gasteiger partial charge in [-0.1, -0.05) is 12.2 Å². The van der Waals surface area contributed by atoms with Gasteiger partial charge in [-0.2, -0.15) is 0 Å². The van der Waals surface area contributed by atoms with Gasteiger partial charge in [0.2, 0.25) is 0 Å². The molecule has 0 aromatic rings. The number of carboxylic acids is 1. The van der Waals surface area contributed by atoms with Gasteiger partial charge in [-0.15, -0.1) is 0 Å². The number of aliphatic carboxylic acids is 1. The van der Waals surface area contributed by atoms with Crippen LogP contribution in [0.5, 0.6) is 0 Å². The lowest BCUT2D eigenvalue weighted by atomic mass is 9.84. The first-order chi connectivity index (χ1) is 9.37. The monoisotopic (exact) mass is 284 g/mol. The third-order valence-corrected chi connectivity index (χ3v) is 3.45. The van der Waals surface area contributed by atoms with Crippen LogP contribution in [-0.4, -0.2) is 36.2 Å². The summed E-state index contributed by atoms with van der Waals surface area (Å²) in [4.78, 5) is 35.1. The minimum Gasteiger partial charge on any atom is -0.481 e. The van der Waals surface area contributed by atoms with Gasteiger partial charge in [-0.25, -0.2) is 0 Å². The number of ether oxygens (including phenoxy) is 2. The minimum atomic E-state index is -1.44. The summed E-state index contributed by atoms with van der Waals surface area (Å²) < 4.78 is 9.94. The molecule has 1 fully saturated rings. The lowest BCUT2D eigenvalue weighted by Gasteiger charge is -2.24. The normalized spacial score (nSPS) is 20.5. The zero-order chi connectivity index (χ0) is 15.3. The first kappa shape index (κ1) is 16.2. The first-order valence-corrected chi connectivity index (χ1v) is 6.61. The van der Waals surface area contributed by atoms with E-state index in [2.05, 4.69) is 6.58 Å². The molecule has 0 aromatic heterocycles. The number of hydrogen-bond acceptors (Lipinski definition) is 5. The topological polar surface area (TPSA) is 89.9 Å². The van der Waals surface area contributed by atoms with Gasteiger partial charge >= 0.3 is 17.9 Å². The van der Waals surface area contributed by atoms with Crippen LogP contribution in [0.2, 0.25) is 0 Å². The molecule has 0 saturated heterocycles. The molecule has 20 heavy (non-hydrogen) atoms. The van der Waals surface area contributed by atoms with E-state index in [4.69, 9.17) is 14.6 Å². The van der Waals surface area contributed by atoms with Crippen LogP contribution in [0.3, 0.4) is 0 Å². The summed E-state index contributed by atoms with van der Waals surface area (Å²) in [7, 11) is 0. The molecule has 6 nitrogen and oxygen atoms in total. The molecule has 1 unspecified atom stereocenters. The van der Waals surface area contributed by atoms with Gasteiger partial charge in [-0.3, -0.25) is 14.4 Å². The van der Waals surface area contributed by atoms with Gasteiger partial charge < -0.3 is 14.6 Å². The number of esters is 2. The Morgan fingerprint density at radius 3 is 2.15 bits per heavy atom. The van der Waals surface area contributed by atoms with Crippen molar-refractivity contribution in [3.05, 3.63) is 12.2 Å². The predicted octanol–water partition coefficient (Wildman–Crippen LogP) is 1.54. The van der Waals surface area contributed by atoms with E-state index in [-0.39, 0.29) is 32.5 Å². The molecular weight excluding hydrogens is 264 g/mol. The van der Waals surface area contributed by atoms with Crippen LogP contribution in [0.1, 0.15) is 33.1 Å². The maximum Gasteiger partial charge on any atom is 0.323 e. The summed E-state index contributed by atoms with van der Waals surface area (Å²) in [6.07, 6.45) is 0.0117. The minimum absolute atomic E-state index is 0.0792. The van der Waals surface area contributed by atoms with Gasteiger partial charge in [-0.05, 0) is 32.6 Å². The standard InChI is InChI=1S/C14H20O6/c1-4-19-12(17)14(13(18)20-5-2)7-9(3)10(8-14)6-11(15)16/h10H,3-8H2,1-2H3,(H,15,16). The molecule has 1 atom stereocenters. The summed E-state index contributed by atoms with van der Waals surface area (Å²) in [5.74, 6) is -2.72. The molecule has 0 spiro atoms. The number of carbonyl (C=O) groups is 3. The highest BCUT2D eigenvalue weighted by Crippen LogP contribution is 2.47. The van der Waals surface area contributed by atoms with Crippen LogP contribution in [0, 0.1) is 11.3 Å². The number of hydrogen-bond donors (Lipinski definition) is 1. The summed E-state index contributed by atoms with van der Waals surface area (Å²) in [6.45, 7) is 7.38. The summed E-state index contributed by atoms with van der Waals surface area (Å²) >= 11 is 0. The Bertz CT molecular complexity index is 407. The molecule has 0 aliphatic heterocycles. The predicted molar refractivity (Wildman–Crippen MR) is 69.8 cm³/mol. The van der Waals surface area contributed by atoms with Crippen molar-refractivity contribution < 1.29 is 29.0 Å². The molecule has 0 aromatic carbocycles. The highest BCUT2D eigenvalue weighted by atomic mass is 16.6. The summed E-state index contributed by atoms with van der Waals surface area (Å²) in [6, 6.07) is 0. The Morgan fingerprint density at radius 1 is 1.25 bits per heavy atom. The third-order valence-electron chi connectivity index (χ3n) is 3.45. The van der Waals surface area contributed by atoms with Gasteiger partial charge in [0.25, 0.3) is 0 Å². The Balaban J connectivity index is 3.02. The molecule has 1 rings (SSSR count). The van der Waals surface area contributed by atoms with Crippen molar-refractivity contribution in [2.45, 2.75) is 33.1 Å². The Kier molecular flexibility index (Phi) is 5.30. The molecule has 0 amide bonds. The van der Waals surface area contributed by atoms with Crippen LogP contribution in [0.15, 0.2) is 12.2 Å².